The van der Waals surface area contributed by atoms with Gasteiger partial charge < -0.3 is 14.6 Å². The first-order chi connectivity index (χ1) is 17.5. The molecule has 0 spiro atoms. The number of carbonyl (C=O) groups is 1. The number of methoxy groups -OCH3 is 1. The third kappa shape index (κ3) is 4.70. The van der Waals surface area contributed by atoms with Gasteiger partial charge in [0.05, 0.1) is 18.7 Å². The van der Waals surface area contributed by atoms with Crippen LogP contribution in [0.4, 0.5) is 9.18 Å². The van der Waals surface area contributed by atoms with Gasteiger partial charge in [0.1, 0.15) is 11.6 Å². The van der Waals surface area contributed by atoms with E-state index in [1.807, 2.05) is 61.5 Å². The molecular formula is C28H25FN4O3. The summed E-state index contributed by atoms with van der Waals surface area (Å²) in [5.74, 6) is 0.913. The molecule has 7 nitrogen and oxygen atoms in total. The predicted octanol–water partition coefficient (Wildman–Crippen LogP) is 5.62. The Balaban J connectivity index is 1.55. The van der Waals surface area contributed by atoms with E-state index in [9.17, 15) is 9.18 Å². The number of nitrogens with one attached hydrogen (secondary N) is 1. The van der Waals surface area contributed by atoms with Crippen molar-refractivity contribution in [2.45, 2.75) is 19.4 Å². The van der Waals surface area contributed by atoms with Crippen molar-refractivity contribution in [3.05, 3.63) is 107 Å². The number of allylic oxidation sites excluding steroid dienone is 1. The smallest absolute Gasteiger partial charge is 0.322 e. The topological polar surface area (TPSA) is 80.5 Å². The van der Waals surface area contributed by atoms with Gasteiger partial charge in [-0.1, -0.05) is 59.8 Å². The zero-order valence-electron chi connectivity index (χ0n) is 19.9. The van der Waals surface area contributed by atoms with Crippen molar-refractivity contribution < 1.29 is 18.4 Å². The molecule has 0 radical (unpaired) electrons. The molecule has 0 fully saturated rings. The normalized spacial score (nSPS) is 15.7. The largest absolute Gasteiger partial charge is 0.497 e. The van der Waals surface area contributed by atoms with Crippen LogP contribution in [0, 0.1) is 5.82 Å². The van der Waals surface area contributed by atoms with E-state index >= 15 is 0 Å². The second-order valence-electron chi connectivity index (χ2n) is 8.48. The molecule has 1 aliphatic rings. The van der Waals surface area contributed by atoms with Crippen molar-refractivity contribution in [1.82, 2.24) is 20.4 Å². The van der Waals surface area contributed by atoms with E-state index in [2.05, 4.69) is 15.5 Å². The summed E-state index contributed by atoms with van der Waals surface area (Å²) < 4.78 is 25.1. The van der Waals surface area contributed by atoms with Gasteiger partial charge in [0, 0.05) is 17.8 Å². The van der Waals surface area contributed by atoms with Crippen LogP contribution in [0.2, 0.25) is 0 Å². The van der Waals surface area contributed by atoms with Crippen molar-refractivity contribution in [2.75, 3.05) is 13.7 Å². The van der Waals surface area contributed by atoms with Gasteiger partial charge in [-0.05, 0) is 48.7 Å². The molecule has 8 heteroatoms. The minimum Gasteiger partial charge on any atom is -0.497 e. The van der Waals surface area contributed by atoms with E-state index in [-0.39, 0.29) is 11.9 Å². The maximum absolute atomic E-state index is 14.1. The van der Waals surface area contributed by atoms with Crippen LogP contribution in [0.15, 0.2) is 89.1 Å². The summed E-state index contributed by atoms with van der Waals surface area (Å²) >= 11 is 0. The summed E-state index contributed by atoms with van der Waals surface area (Å²) in [4.78, 5) is 19.5. The molecule has 3 aromatic carbocycles. The number of amides is 2. The number of benzene rings is 3. The summed E-state index contributed by atoms with van der Waals surface area (Å²) in [5, 5.41) is 7.18. The Kier molecular flexibility index (Phi) is 6.49. The van der Waals surface area contributed by atoms with Crippen molar-refractivity contribution in [3.63, 3.8) is 0 Å². The quantitative estimate of drug-likeness (QED) is 0.368. The molecule has 0 saturated carbocycles. The highest BCUT2D eigenvalue weighted by Gasteiger charge is 2.35. The van der Waals surface area contributed by atoms with Gasteiger partial charge in [0.2, 0.25) is 5.82 Å². The number of hydrogen-bond acceptors (Lipinski definition) is 5. The van der Waals surface area contributed by atoms with Crippen LogP contribution in [0.3, 0.4) is 0 Å². The minimum atomic E-state index is -0.653. The molecule has 1 atom stereocenters. The lowest BCUT2D eigenvalue weighted by atomic mass is 9.94. The van der Waals surface area contributed by atoms with Crippen molar-refractivity contribution in [2.24, 2.45) is 0 Å². The summed E-state index contributed by atoms with van der Waals surface area (Å²) in [5.41, 5.74) is 3.72. The minimum absolute atomic E-state index is 0.254. The SMILES string of the molecule is COc1cccc(-c2noc(C3=C(C)N(CCc4ccccc4)C(=O)NC3c3cccc(F)c3)n2)c1. The Bertz CT molecular complexity index is 1420. The summed E-state index contributed by atoms with van der Waals surface area (Å²) in [6, 6.07) is 22.5. The highest BCUT2D eigenvalue weighted by molar-refractivity contribution is 5.86. The first-order valence-corrected chi connectivity index (χ1v) is 11.6. The number of ether oxygens (including phenoxy) is 1. The molecule has 2 amide bonds. The van der Waals surface area contributed by atoms with Crippen molar-refractivity contribution >= 4 is 11.6 Å². The summed E-state index contributed by atoms with van der Waals surface area (Å²) in [6.07, 6.45) is 0.669. The Hall–Kier alpha value is -4.46. The van der Waals surface area contributed by atoms with E-state index in [1.54, 1.807) is 24.1 Å². The first kappa shape index (κ1) is 23.3. The van der Waals surface area contributed by atoms with Crippen LogP contribution in [-0.4, -0.2) is 34.7 Å². The van der Waals surface area contributed by atoms with Gasteiger partial charge in [-0.2, -0.15) is 4.98 Å². The molecule has 1 N–H and O–H groups in total. The zero-order chi connectivity index (χ0) is 25.1. The summed E-state index contributed by atoms with van der Waals surface area (Å²) in [7, 11) is 1.59. The van der Waals surface area contributed by atoms with Crippen LogP contribution in [-0.2, 0) is 6.42 Å². The molecule has 1 aliphatic heterocycles. The maximum Gasteiger partial charge on any atom is 0.322 e. The molecule has 1 unspecified atom stereocenters. The van der Waals surface area contributed by atoms with Crippen molar-refractivity contribution in [3.8, 4) is 17.1 Å². The molecule has 0 saturated heterocycles. The monoisotopic (exact) mass is 484 g/mol. The fraction of sp³-hybridized carbons (Fsp3) is 0.179. The lowest BCUT2D eigenvalue weighted by Gasteiger charge is -2.35. The van der Waals surface area contributed by atoms with Gasteiger partial charge in [-0.15, -0.1) is 0 Å². The Morgan fingerprint density at radius 2 is 1.86 bits per heavy atom. The highest BCUT2D eigenvalue weighted by Crippen LogP contribution is 2.37. The fourth-order valence-electron chi connectivity index (χ4n) is 4.36. The van der Waals surface area contributed by atoms with E-state index in [1.165, 1.54) is 12.1 Å². The lowest BCUT2D eigenvalue weighted by Crippen LogP contribution is -2.46. The molecular weight excluding hydrogens is 459 g/mol. The van der Waals surface area contributed by atoms with Gasteiger partial charge in [-0.3, -0.25) is 4.90 Å². The van der Waals surface area contributed by atoms with Crippen LogP contribution in [0.5, 0.6) is 5.75 Å². The number of nitrogens with zero attached hydrogens (tertiary/aromatic N) is 3. The van der Waals surface area contributed by atoms with E-state index in [0.29, 0.717) is 41.4 Å². The third-order valence-electron chi connectivity index (χ3n) is 6.23. The van der Waals surface area contributed by atoms with E-state index < -0.39 is 11.9 Å². The number of urea groups is 1. The van der Waals surface area contributed by atoms with Crippen LogP contribution in [0.1, 0.15) is 30.0 Å². The number of halogens is 1. The fourth-order valence-corrected chi connectivity index (χ4v) is 4.36. The standard InChI is InChI=1S/C28H25FN4O3/c1-18-24(27-31-26(32-36-27)21-11-7-13-23(17-21)35-2)25(20-10-6-12-22(29)16-20)30-28(34)33(18)15-14-19-8-4-3-5-9-19/h3-13,16-17,25H,14-15H2,1-2H3,(H,30,34). The molecule has 36 heavy (non-hydrogen) atoms. The lowest BCUT2D eigenvalue weighted by molar-refractivity contribution is 0.205. The Labute approximate surface area is 208 Å². The molecule has 5 rings (SSSR count). The maximum atomic E-state index is 14.1. The Morgan fingerprint density at radius 1 is 1.06 bits per heavy atom. The Morgan fingerprint density at radius 3 is 2.64 bits per heavy atom. The van der Waals surface area contributed by atoms with E-state index in [4.69, 9.17) is 9.26 Å². The molecule has 0 bridgehead atoms. The first-order valence-electron chi connectivity index (χ1n) is 11.6. The second kappa shape index (κ2) is 10.0. The van der Waals surface area contributed by atoms with Crippen LogP contribution < -0.4 is 10.1 Å². The average molecular weight is 485 g/mol. The predicted molar refractivity (Wildman–Crippen MR) is 133 cm³/mol. The molecule has 4 aromatic rings. The number of rotatable bonds is 7. The van der Waals surface area contributed by atoms with Gasteiger partial charge >= 0.3 is 6.03 Å². The molecule has 182 valence electrons. The van der Waals surface area contributed by atoms with Crippen LogP contribution in [0.25, 0.3) is 17.0 Å². The van der Waals surface area contributed by atoms with Gasteiger partial charge in [-0.25, -0.2) is 9.18 Å². The number of carbonyl (C=O) groups excluding carboxylic acids is 1. The molecule has 0 aliphatic carbocycles. The second-order valence-corrected chi connectivity index (χ2v) is 8.48. The van der Waals surface area contributed by atoms with Gasteiger partial charge in [0.15, 0.2) is 0 Å². The number of aromatic nitrogens is 2. The van der Waals surface area contributed by atoms with Crippen LogP contribution >= 0.6 is 0 Å². The van der Waals surface area contributed by atoms with Crippen molar-refractivity contribution in [1.29, 1.82) is 0 Å². The third-order valence-corrected chi connectivity index (χ3v) is 6.23. The highest BCUT2D eigenvalue weighted by atomic mass is 19.1. The molecule has 1 aromatic heterocycles. The average Bonchev–Trinajstić information content (AvgIpc) is 3.39. The summed E-state index contributed by atoms with van der Waals surface area (Å²) in [6.45, 7) is 2.30. The van der Waals surface area contributed by atoms with Gasteiger partial charge in [0.25, 0.3) is 5.89 Å². The number of hydrogen-bond donors (Lipinski definition) is 1. The van der Waals surface area contributed by atoms with E-state index in [0.717, 1.165) is 11.1 Å². The zero-order valence-corrected chi connectivity index (χ0v) is 19.9. The molecule has 2 heterocycles.